The Labute approximate surface area is 113 Å². The fourth-order valence-corrected chi connectivity index (χ4v) is 1.38. The molecule has 0 fully saturated rings. The predicted octanol–water partition coefficient (Wildman–Crippen LogP) is 0.277. The van der Waals surface area contributed by atoms with Gasteiger partial charge in [-0.2, -0.15) is 0 Å². The SMILES string of the molecule is COC(=O)C[C@H](NC(=O)c1ccc(F)cc1O)C(=O)O. The van der Waals surface area contributed by atoms with Gasteiger partial charge in [0.15, 0.2) is 0 Å². The van der Waals surface area contributed by atoms with Gasteiger partial charge in [-0.05, 0) is 12.1 Å². The number of nitrogens with one attached hydrogen (secondary N) is 1. The number of hydrogen-bond donors (Lipinski definition) is 3. The van der Waals surface area contributed by atoms with Gasteiger partial charge in [-0.25, -0.2) is 9.18 Å². The van der Waals surface area contributed by atoms with E-state index in [2.05, 4.69) is 4.74 Å². The molecule has 0 aliphatic heterocycles. The predicted molar refractivity (Wildman–Crippen MR) is 63.6 cm³/mol. The molecule has 1 amide bonds. The quantitative estimate of drug-likeness (QED) is 0.670. The second kappa shape index (κ2) is 6.50. The lowest BCUT2D eigenvalue weighted by atomic mass is 10.1. The number of esters is 1. The van der Waals surface area contributed by atoms with E-state index >= 15 is 0 Å². The number of hydrogen-bond acceptors (Lipinski definition) is 5. The fourth-order valence-electron chi connectivity index (χ4n) is 1.38. The molecule has 108 valence electrons. The van der Waals surface area contributed by atoms with Gasteiger partial charge in [-0.3, -0.25) is 9.59 Å². The molecule has 0 saturated carbocycles. The summed E-state index contributed by atoms with van der Waals surface area (Å²) in [6, 6.07) is 1.13. The van der Waals surface area contributed by atoms with Crippen molar-refractivity contribution in [3.8, 4) is 5.75 Å². The summed E-state index contributed by atoms with van der Waals surface area (Å²) in [5.74, 6) is -4.58. The Balaban J connectivity index is 2.85. The first-order chi connectivity index (χ1) is 9.35. The molecule has 3 N–H and O–H groups in total. The van der Waals surface area contributed by atoms with Crippen LogP contribution in [0.2, 0.25) is 0 Å². The summed E-state index contributed by atoms with van der Waals surface area (Å²) in [6.07, 6.45) is -0.570. The van der Waals surface area contributed by atoms with Crippen molar-refractivity contribution in [2.75, 3.05) is 7.11 Å². The molecule has 20 heavy (non-hydrogen) atoms. The standard InChI is InChI=1S/C12H12FNO6/c1-20-10(16)5-8(12(18)19)14-11(17)7-3-2-6(13)4-9(7)15/h2-4,8,15H,5H2,1H3,(H,14,17)(H,18,19)/t8-/m0/s1. The monoisotopic (exact) mass is 285 g/mol. The molecule has 0 aliphatic rings. The number of halogens is 1. The molecule has 0 aliphatic carbocycles. The number of ether oxygens (including phenoxy) is 1. The number of carboxylic acid groups (broad SMARTS) is 1. The van der Waals surface area contributed by atoms with Crippen molar-refractivity contribution in [1.29, 1.82) is 0 Å². The lowest BCUT2D eigenvalue weighted by Crippen LogP contribution is -2.42. The third-order valence-corrected chi connectivity index (χ3v) is 2.41. The van der Waals surface area contributed by atoms with Gasteiger partial charge in [0.05, 0.1) is 19.1 Å². The maximum absolute atomic E-state index is 12.8. The molecule has 0 radical (unpaired) electrons. The van der Waals surface area contributed by atoms with E-state index in [0.29, 0.717) is 6.07 Å². The number of benzene rings is 1. The van der Waals surface area contributed by atoms with Gasteiger partial charge in [-0.15, -0.1) is 0 Å². The second-order valence-corrected chi connectivity index (χ2v) is 3.81. The Kier molecular flexibility index (Phi) is 5.01. The number of aromatic hydroxyl groups is 1. The van der Waals surface area contributed by atoms with Gasteiger partial charge in [0.25, 0.3) is 5.91 Å². The Morgan fingerprint density at radius 2 is 2.05 bits per heavy atom. The van der Waals surface area contributed by atoms with Crippen LogP contribution >= 0.6 is 0 Å². The van der Waals surface area contributed by atoms with Crippen LogP contribution < -0.4 is 5.32 Å². The van der Waals surface area contributed by atoms with Crippen molar-refractivity contribution in [3.05, 3.63) is 29.6 Å². The van der Waals surface area contributed by atoms with Crippen LogP contribution in [-0.4, -0.2) is 41.2 Å². The van der Waals surface area contributed by atoms with E-state index in [1.807, 2.05) is 5.32 Å². The van der Waals surface area contributed by atoms with E-state index < -0.39 is 41.9 Å². The number of phenolic OH excluding ortho intramolecular Hbond substituents is 1. The van der Waals surface area contributed by atoms with Gasteiger partial charge in [0.2, 0.25) is 0 Å². The largest absolute Gasteiger partial charge is 0.507 e. The molecule has 0 heterocycles. The average Bonchev–Trinajstić information content (AvgIpc) is 2.37. The van der Waals surface area contributed by atoms with Gasteiger partial charge >= 0.3 is 11.9 Å². The molecule has 0 unspecified atom stereocenters. The summed E-state index contributed by atoms with van der Waals surface area (Å²) in [7, 11) is 1.08. The molecule has 7 nitrogen and oxygen atoms in total. The minimum absolute atomic E-state index is 0.303. The molecule has 1 rings (SSSR count). The molecule has 0 saturated heterocycles. The number of carboxylic acids is 1. The summed E-state index contributed by atoms with van der Waals surface area (Å²) in [4.78, 5) is 33.7. The highest BCUT2D eigenvalue weighted by atomic mass is 19.1. The first-order valence-corrected chi connectivity index (χ1v) is 5.44. The molecule has 8 heteroatoms. The number of aliphatic carboxylic acids is 1. The van der Waals surface area contributed by atoms with Crippen LogP contribution in [0.25, 0.3) is 0 Å². The summed E-state index contributed by atoms with van der Waals surface area (Å²) < 4.78 is 17.1. The van der Waals surface area contributed by atoms with E-state index in [4.69, 9.17) is 5.11 Å². The van der Waals surface area contributed by atoms with E-state index in [0.717, 1.165) is 19.2 Å². The van der Waals surface area contributed by atoms with Crippen LogP contribution in [0, 0.1) is 5.82 Å². The van der Waals surface area contributed by atoms with Gasteiger partial charge < -0.3 is 20.3 Å². The van der Waals surface area contributed by atoms with Crippen LogP contribution in [0.5, 0.6) is 5.75 Å². The van der Waals surface area contributed by atoms with Crippen molar-refractivity contribution in [1.82, 2.24) is 5.32 Å². The molecular weight excluding hydrogens is 273 g/mol. The maximum atomic E-state index is 12.8. The topological polar surface area (TPSA) is 113 Å². The smallest absolute Gasteiger partial charge is 0.326 e. The third-order valence-electron chi connectivity index (χ3n) is 2.41. The minimum atomic E-state index is -1.51. The van der Waals surface area contributed by atoms with Gasteiger partial charge in [0.1, 0.15) is 17.6 Å². The molecule has 0 bridgehead atoms. The Bertz CT molecular complexity index is 545. The summed E-state index contributed by atoms with van der Waals surface area (Å²) in [5, 5.41) is 20.3. The number of carbonyl (C=O) groups excluding carboxylic acids is 2. The molecule has 0 aromatic heterocycles. The fraction of sp³-hybridized carbons (Fsp3) is 0.250. The van der Waals surface area contributed by atoms with Crippen LogP contribution in [0.4, 0.5) is 4.39 Å². The molecule has 1 aromatic carbocycles. The number of carbonyl (C=O) groups is 3. The summed E-state index contributed by atoms with van der Waals surface area (Å²) in [5.41, 5.74) is -0.303. The molecular formula is C12H12FNO6. The number of phenols is 1. The van der Waals surface area contributed by atoms with Crippen LogP contribution in [0.1, 0.15) is 16.8 Å². The first-order valence-electron chi connectivity index (χ1n) is 5.44. The van der Waals surface area contributed by atoms with E-state index in [9.17, 15) is 23.9 Å². The van der Waals surface area contributed by atoms with Crippen molar-refractivity contribution < 1.29 is 33.7 Å². The Hall–Kier alpha value is -2.64. The van der Waals surface area contributed by atoms with Crippen molar-refractivity contribution in [3.63, 3.8) is 0 Å². The zero-order valence-electron chi connectivity index (χ0n) is 10.4. The number of amides is 1. The highest BCUT2D eigenvalue weighted by Crippen LogP contribution is 2.18. The Morgan fingerprint density at radius 3 is 2.55 bits per heavy atom. The first kappa shape index (κ1) is 15.4. The van der Waals surface area contributed by atoms with Crippen LogP contribution in [0.15, 0.2) is 18.2 Å². The average molecular weight is 285 g/mol. The maximum Gasteiger partial charge on any atom is 0.326 e. The van der Waals surface area contributed by atoms with Crippen LogP contribution in [0.3, 0.4) is 0 Å². The van der Waals surface area contributed by atoms with Gasteiger partial charge in [-0.1, -0.05) is 0 Å². The zero-order chi connectivity index (χ0) is 15.3. The van der Waals surface area contributed by atoms with E-state index in [1.165, 1.54) is 0 Å². The Morgan fingerprint density at radius 1 is 1.40 bits per heavy atom. The molecule has 1 atom stereocenters. The van der Waals surface area contributed by atoms with E-state index in [1.54, 1.807) is 0 Å². The third kappa shape index (κ3) is 3.94. The number of methoxy groups -OCH3 is 1. The van der Waals surface area contributed by atoms with E-state index in [-0.39, 0.29) is 5.56 Å². The number of rotatable bonds is 5. The lowest BCUT2D eigenvalue weighted by Gasteiger charge is -2.13. The minimum Gasteiger partial charge on any atom is -0.507 e. The van der Waals surface area contributed by atoms with Crippen LogP contribution in [-0.2, 0) is 14.3 Å². The van der Waals surface area contributed by atoms with Gasteiger partial charge in [0, 0.05) is 6.07 Å². The van der Waals surface area contributed by atoms with Crippen molar-refractivity contribution in [2.24, 2.45) is 0 Å². The second-order valence-electron chi connectivity index (χ2n) is 3.81. The zero-order valence-corrected chi connectivity index (χ0v) is 10.4. The molecule has 1 aromatic rings. The summed E-state index contributed by atoms with van der Waals surface area (Å²) >= 11 is 0. The lowest BCUT2D eigenvalue weighted by molar-refractivity contribution is -0.147. The highest BCUT2D eigenvalue weighted by molar-refractivity contribution is 5.99. The van der Waals surface area contributed by atoms with Crippen molar-refractivity contribution in [2.45, 2.75) is 12.5 Å². The summed E-state index contributed by atoms with van der Waals surface area (Å²) in [6.45, 7) is 0. The normalized spacial score (nSPS) is 11.5. The molecule has 0 spiro atoms. The van der Waals surface area contributed by atoms with Crippen molar-refractivity contribution >= 4 is 17.8 Å². The highest BCUT2D eigenvalue weighted by Gasteiger charge is 2.25.